The smallest absolute Gasteiger partial charge is 0.247 e. The third-order valence-electron chi connectivity index (χ3n) is 5.88. The molecule has 3 aromatic heterocycles. The van der Waals surface area contributed by atoms with Crippen molar-refractivity contribution in [3.05, 3.63) is 110 Å². The molecule has 1 aliphatic rings. The van der Waals surface area contributed by atoms with Gasteiger partial charge in [-0.3, -0.25) is 4.79 Å². The molecule has 1 amide bonds. The van der Waals surface area contributed by atoms with E-state index in [0.29, 0.717) is 41.1 Å². The molecule has 196 valence electrons. The number of nitrogens with zero attached hydrogens (tertiary/aromatic N) is 7. The molecule has 0 aliphatic carbocycles. The fraction of sp³-hybridized carbons (Fsp3) is 0.107. The third kappa shape index (κ3) is 5.77. The molecule has 0 saturated carbocycles. The largest absolute Gasteiger partial charge is 0.494 e. The van der Waals surface area contributed by atoms with Crippen molar-refractivity contribution in [3.63, 3.8) is 0 Å². The van der Waals surface area contributed by atoms with Crippen LogP contribution in [0.4, 0.5) is 17.3 Å². The van der Waals surface area contributed by atoms with Crippen molar-refractivity contribution < 1.29 is 9.53 Å². The monoisotopic (exact) mass is 521 g/mol. The van der Waals surface area contributed by atoms with Crippen LogP contribution in [0.25, 0.3) is 11.5 Å². The number of hydrogen-bond donors (Lipinski definition) is 2. The first kappa shape index (κ1) is 25.2. The van der Waals surface area contributed by atoms with Gasteiger partial charge in [-0.2, -0.15) is 15.2 Å². The Morgan fingerprint density at radius 3 is 2.64 bits per heavy atom. The zero-order valence-corrected chi connectivity index (χ0v) is 21.5. The molecule has 11 heteroatoms. The molecule has 11 nitrogen and oxygen atoms in total. The van der Waals surface area contributed by atoms with Crippen LogP contribution in [-0.2, 0) is 11.3 Å². The maximum absolute atomic E-state index is 12.1. The maximum Gasteiger partial charge on any atom is 0.247 e. The molecule has 2 N–H and O–H groups in total. The number of hydrogen-bond acceptors (Lipinski definition) is 8. The molecule has 1 aromatic carbocycles. The van der Waals surface area contributed by atoms with Gasteiger partial charge in [-0.05, 0) is 37.3 Å². The second-order valence-electron chi connectivity index (χ2n) is 8.50. The van der Waals surface area contributed by atoms with Crippen molar-refractivity contribution in [2.45, 2.75) is 13.5 Å². The zero-order valence-electron chi connectivity index (χ0n) is 21.5. The van der Waals surface area contributed by atoms with E-state index in [0.717, 1.165) is 11.3 Å². The number of carbonyl (C=O) groups is 1. The lowest BCUT2D eigenvalue weighted by atomic mass is 10.2. The molecular formula is C28H27N9O2. The van der Waals surface area contributed by atoms with Gasteiger partial charge in [0.05, 0.1) is 36.4 Å². The van der Waals surface area contributed by atoms with Crippen molar-refractivity contribution in [2.75, 3.05) is 17.7 Å². The summed E-state index contributed by atoms with van der Waals surface area (Å²) in [6.07, 6.45) is 20.2. The summed E-state index contributed by atoms with van der Waals surface area (Å²) in [4.78, 5) is 23.3. The summed E-state index contributed by atoms with van der Waals surface area (Å²) in [6, 6.07) is 7.08. The number of amides is 1. The molecule has 0 unspecified atom stereocenters. The number of allylic oxidation sites excluding steroid dienone is 4. The highest BCUT2D eigenvalue weighted by molar-refractivity contribution is 6.01. The first-order valence-corrected chi connectivity index (χ1v) is 12.1. The Labute approximate surface area is 225 Å². The first-order valence-electron chi connectivity index (χ1n) is 12.1. The Morgan fingerprint density at radius 2 is 1.92 bits per heavy atom. The van der Waals surface area contributed by atoms with Gasteiger partial charge in [-0.15, -0.1) is 0 Å². The average Bonchev–Trinajstić information content (AvgIpc) is 3.53. The Balaban J connectivity index is 1.43. The van der Waals surface area contributed by atoms with Gasteiger partial charge in [0.25, 0.3) is 0 Å². The lowest BCUT2D eigenvalue weighted by molar-refractivity contribution is -0.111. The summed E-state index contributed by atoms with van der Waals surface area (Å²) < 4.78 is 8.99. The van der Waals surface area contributed by atoms with E-state index < -0.39 is 0 Å². The highest BCUT2D eigenvalue weighted by Gasteiger charge is 2.16. The number of rotatable bonds is 9. The first-order chi connectivity index (χ1) is 19.0. The van der Waals surface area contributed by atoms with Crippen molar-refractivity contribution in [2.24, 2.45) is 0 Å². The van der Waals surface area contributed by atoms with Gasteiger partial charge in [-0.1, -0.05) is 18.7 Å². The molecule has 39 heavy (non-hydrogen) atoms. The van der Waals surface area contributed by atoms with Crippen molar-refractivity contribution in [1.82, 2.24) is 34.4 Å². The fourth-order valence-corrected chi connectivity index (χ4v) is 3.95. The molecule has 5 rings (SSSR count). The number of ether oxygens (including phenoxy) is 1. The van der Waals surface area contributed by atoms with E-state index in [2.05, 4.69) is 42.3 Å². The Morgan fingerprint density at radius 1 is 1.10 bits per heavy atom. The van der Waals surface area contributed by atoms with Crippen LogP contribution in [0.3, 0.4) is 0 Å². The molecule has 0 bridgehead atoms. The minimum Gasteiger partial charge on any atom is -0.494 e. The summed E-state index contributed by atoms with van der Waals surface area (Å²) in [5.41, 5.74) is 3.65. The number of nitrogens with one attached hydrogen (secondary N) is 2. The predicted octanol–water partition coefficient (Wildman–Crippen LogP) is 4.43. The number of carbonyl (C=O) groups excluding carboxylic acids is 1. The molecule has 4 aromatic rings. The highest BCUT2D eigenvalue weighted by atomic mass is 16.5. The topological polar surface area (TPSA) is 115 Å². The van der Waals surface area contributed by atoms with Gasteiger partial charge in [0.15, 0.2) is 5.82 Å². The summed E-state index contributed by atoms with van der Waals surface area (Å²) in [5, 5.41) is 15.0. The zero-order chi connectivity index (χ0) is 27.2. The van der Waals surface area contributed by atoms with Crippen LogP contribution in [0.1, 0.15) is 11.3 Å². The van der Waals surface area contributed by atoms with E-state index in [1.54, 1.807) is 59.3 Å². The van der Waals surface area contributed by atoms with E-state index in [1.807, 2.05) is 49.8 Å². The van der Waals surface area contributed by atoms with Gasteiger partial charge >= 0.3 is 0 Å². The minimum atomic E-state index is -0.356. The van der Waals surface area contributed by atoms with Crippen molar-refractivity contribution in [1.29, 1.82) is 0 Å². The summed E-state index contributed by atoms with van der Waals surface area (Å²) >= 11 is 0. The molecular weight excluding hydrogens is 494 g/mol. The predicted molar refractivity (Wildman–Crippen MR) is 149 cm³/mol. The normalized spacial score (nSPS) is 12.3. The summed E-state index contributed by atoms with van der Waals surface area (Å²) in [5.74, 6) is 1.08. The number of aryl methyl sites for hydroxylation is 1. The van der Waals surface area contributed by atoms with Crippen molar-refractivity contribution in [3.8, 4) is 17.3 Å². The second kappa shape index (κ2) is 11.3. The molecule has 0 radical (unpaired) electrons. The molecule has 4 heterocycles. The fourth-order valence-electron chi connectivity index (χ4n) is 3.95. The number of anilines is 3. The SMILES string of the molecule is C=CC(=O)Nc1cc(Nc2nccc(-n3cc(CN4C=CC=CC=C4)c(C)n3)n2)c(OC)cc1-n1cccn1. The quantitative estimate of drug-likeness (QED) is 0.311. The van der Waals surface area contributed by atoms with E-state index >= 15 is 0 Å². The van der Waals surface area contributed by atoms with Gasteiger partial charge in [0, 0.05) is 54.9 Å². The molecule has 0 atom stereocenters. The third-order valence-corrected chi connectivity index (χ3v) is 5.88. The van der Waals surface area contributed by atoms with Crippen LogP contribution in [0.15, 0.2) is 98.4 Å². The molecule has 0 saturated heterocycles. The van der Waals surface area contributed by atoms with E-state index in [9.17, 15) is 4.79 Å². The number of benzene rings is 1. The van der Waals surface area contributed by atoms with E-state index in [-0.39, 0.29) is 5.91 Å². The van der Waals surface area contributed by atoms with Crippen LogP contribution in [0, 0.1) is 6.92 Å². The molecule has 0 fully saturated rings. The molecule has 1 aliphatic heterocycles. The van der Waals surface area contributed by atoms with Crippen LogP contribution in [-0.4, -0.2) is 47.4 Å². The lowest BCUT2D eigenvalue weighted by Crippen LogP contribution is -2.12. The Bertz CT molecular complexity index is 1570. The Kier molecular flexibility index (Phi) is 7.30. The van der Waals surface area contributed by atoms with Gasteiger partial charge < -0.3 is 20.3 Å². The van der Waals surface area contributed by atoms with Gasteiger partial charge in [0.1, 0.15) is 5.75 Å². The number of methoxy groups -OCH3 is 1. The van der Waals surface area contributed by atoms with Crippen LogP contribution >= 0.6 is 0 Å². The maximum atomic E-state index is 12.1. The lowest BCUT2D eigenvalue weighted by Gasteiger charge is -2.16. The standard InChI is InChI=1S/C28H27N9O2/c1-4-27(38)31-22-16-23(25(39-3)17-24(22)36-15-9-11-30-36)32-28-29-12-10-26(33-28)37-19-21(20(2)34-37)18-35-13-7-5-6-8-14-35/h4-17,19H,1,18H2,2-3H3,(H,31,38)(H,29,32,33). The minimum absolute atomic E-state index is 0.331. The molecule has 0 spiro atoms. The Hall–Kier alpha value is -5.45. The van der Waals surface area contributed by atoms with Gasteiger partial charge in [-0.25, -0.2) is 14.3 Å². The summed E-state index contributed by atoms with van der Waals surface area (Å²) in [7, 11) is 1.56. The van der Waals surface area contributed by atoms with E-state index in [4.69, 9.17) is 4.74 Å². The van der Waals surface area contributed by atoms with Crippen LogP contribution in [0.2, 0.25) is 0 Å². The van der Waals surface area contributed by atoms with Gasteiger partial charge in [0.2, 0.25) is 11.9 Å². The van der Waals surface area contributed by atoms with Crippen LogP contribution < -0.4 is 15.4 Å². The van der Waals surface area contributed by atoms with E-state index in [1.165, 1.54) is 6.08 Å². The van der Waals surface area contributed by atoms with Crippen LogP contribution in [0.5, 0.6) is 5.75 Å². The summed E-state index contributed by atoms with van der Waals surface area (Å²) in [6.45, 7) is 6.19. The average molecular weight is 522 g/mol. The second-order valence-corrected chi connectivity index (χ2v) is 8.50. The number of aromatic nitrogens is 6. The highest BCUT2D eigenvalue weighted by Crippen LogP contribution is 2.35. The van der Waals surface area contributed by atoms with Crippen molar-refractivity contribution >= 4 is 23.2 Å².